The van der Waals surface area contributed by atoms with E-state index in [-0.39, 0.29) is 4.90 Å². The molecule has 1 aromatic carbocycles. The van der Waals surface area contributed by atoms with Gasteiger partial charge >= 0.3 is 0 Å². The number of aryl methyl sites for hydroxylation is 1. The van der Waals surface area contributed by atoms with Gasteiger partial charge in [0, 0.05) is 19.8 Å². The van der Waals surface area contributed by atoms with Crippen molar-refractivity contribution < 1.29 is 8.42 Å². The number of benzene rings is 1. The molecule has 0 aliphatic carbocycles. The lowest BCUT2D eigenvalue weighted by atomic mass is 9.89. The van der Waals surface area contributed by atoms with Crippen LogP contribution in [0.5, 0.6) is 0 Å². The van der Waals surface area contributed by atoms with Gasteiger partial charge in [0.15, 0.2) is 0 Å². The van der Waals surface area contributed by atoms with Crippen molar-refractivity contribution >= 4 is 10.0 Å². The molecule has 0 unspecified atom stereocenters. The van der Waals surface area contributed by atoms with Crippen LogP contribution in [0.1, 0.15) is 30.0 Å². The van der Waals surface area contributed by atoms with Crippen molar-refractivity contribution in [3.05, 3.63) is 41.7 Å². The maximum Gasteiger partial charge on any atom is 0.238 e. The maximum atomic E-state index is 11.3. The van der Waals surface area contributed by atoms with E-state index in [1.807, 2.05) is 25.4 Å². The van der Waals surface area contributed by atoms with Crippen molar-refractivity contribution in [1.29, 1.82) is 0 Å². The number of sulfonamides is 1. The number of likely N-dealkylation sites (tertiary alicyclic amines) is 1. The molecule has 8 heteroatoms. The van der Waals surface area contributed by atoms with Gasteiger partial charge in [0.25, 0.3) is 0 Å². The summed E-state index contributed by atoms with van der Waals surface area (Å²) in [5.74, 6) is 0.461. The zero-order valence-corrected chi connectivity index (χ0v) is 13.9. The Balaban J connectivity index is 1.58. The van der Waals surface area contributed by atoms with Gasteiger partial charge in [0.2, 0.25) is 10.0 Å². The van der Waals surface area contributed by atoms with E-state index in [1.165, 1.54) is 5.56 Å². The minimum atomic E-state index is -3.61. The van der Waals surface area contributed by atoms with Crippen LogP contribution in [0.15, 0.2) is 35.4 Å². The molecule has 7 nitrogen and oxygen atoms in total. The fourth-order valence-corrected chi connectivity index (χ4v) is 3.57. The topological polar surface area (TPSA) is 94.1 Å². The van der Waals surface area contributed by atoms with Crippen LogP contribution in [0.25, 0.3) is 0 Å². The van der Waals surface area contributed by atoms with E-state index in [4.69, 9.17) is 5.14 Å². The molecule has 1 fully saturated rings. The highest BCUT2D eigenvalue weighted by Crippen LogP contribution is 2.29. The molecule has 0 saturated carbocycles. The summed E-state index contributed by atoms with van der Waals surface area (Å²) in [6, 6.07) is 6.94. The average molecular weight is 335 g/mol. The molecule has 0 radical (unpaired) electrons. The van der Waals surface area contributed by atoms with E-state index in [9.17, 15) is 8.42 Å². The summed E-state index contributed by atoms with van der Waals surface area (Å²) in [7, 11) is -1.75. The largest absolute Gasteiger partial charge is 0.297 e. The summed E-state index contributed by atoms with van der Waals surface area (Å²) < 4.78 is 24.3. The van der Waals surface area contributed by atoms with Crippen molar-refractivity contribution in [2.75, 3.05) is 13.1 Å². The fraction of sp³-hybridized carbons (Fsp3) is 0.467. The summed E-state index contributed by atoms with van der Waals surface area (Å²) in [6.07, 6.45) is 4.04. The monoisotopic (exact) mass is 335 g/mol. The molecular weight excluding hydrogens is 314 g/mol. The Morgan fingerprint density at radius 1 is 1.22 bits per heavy atom. The SMILES string of the molecule is Cn1cc(CN2CCC(c3ccc(S(N)(=O)=O)cc3)CC2)nn1. The molecule has 23 heavy (non-hydrogen) atoms. The van der Waals surface area contributed by atoms with Crippen LogP contribution >= 0.6 is 0 Å². The van der Waals surface area contributed by atoms with E-state index in [1.54, 1.807) is 16.8 Å². The number of primary sulfonamides is 1. The lowest BCUT2D eigenvalue weighted by molar-refractivity contribution is 0.202. The molecule has 1 saturated heterocycles. The molecule has 0 bridgehead atoms. The minimum Gasteiger partial charge on any atom is -0.297 e. The van der Waals surface area contributed by atoms with Crippen LogP contribution in [0.2, 0.25) is 0 Å². The molecule has 1 aromatic heterocycles. The molecule has 124 valence electrons. The van der Waals surface area contributed by atoms with Crippen LogP contribution < -0.4 is 5.14 Å². The summed E-state index contributed by atoms with van der Waals surface area (Å²) in [5.41, 5.74) is 2.17. The zero-order chi connectivity index (χ0) is 16.4. The molecular formula is C15H21N5O2S. The van der Waals surface area contributed by atoms with E-state index >= 15 is 0 Å². The first-order valence-corrected chi connectivity index (χ1v) is 9.17. The maximum absolute atomic E-state index is 11.3. The number of piperidine rings is 1. The predicted molar refractivity (Wildman–Crippen MR) is 86.1 cm³/mol. The predicted octanol–water partition coefficient (Wildman–Crippen LogP) is 0.842. The highest BCUT2D eigenvalue weighted by Gasteiger charge is 2.21. The molecule has 0 amide bonds. The molecule has 2 aromatic rings. The Morgan fingerprint density at radius 3 is 2.39 bits per heavy atom. The van der Waals surface area contributed by atoms with Gasteiger partial charge in [-0.1, -0.05) is 17.3 Å². The van der Waals surface area contributed by atoms with Crippen LogP contribution in [-0.4, -0.2) is 41.4 Å². The molecule has 0 spiro atoms. The second kappa shape index (κ2) is 6.38. The molecule has 3 rings (SSSR count). The van der Waals surface area contributed by atoms with Gasteiger partial charge in [0.05, 0.1) is 10.6 Å². The highest BCUT2D eigenvalue weighted by atomic mass is 32.2. The lowest BCUT2D eigenvalue weighted by Gasteiger charge is -2.31. The number of hydrogen-bond acceptors (Lipinski definition) is 5. The van der Waals surface area contributed by atoms with Gasteiger partial charge in [-0.05, 0) is 49.5 Å². The first-order chi connectivity index (χ1) is 10.9. The molecule has 1 aliphatic rings. The second-order valence-corrected chi connectivity index (χ2v) is 7.61. The fourth-order valence-electron chi connectivity index (χ4n) is 3.05. The summed E-state index contributed by atoms with van der Waals surface area (Å²) in [6.45, 7) is 2.82. The summed E-state index contributed by atoms with van der Waals surface area (Å²) in [5, 5.41) is 13.2. The standard InChI is InChI=1S/C15H21N5O2S/c1-19-10-14(17-18-19)11-20-8-6-13(7-9-20)12-2-4-15(5-3-12)23(16,21)22/h2-5,10,13H,6-9,11H2,1H3,(H2,16,21,22). The van der Waals surface area contributed by atoms with Crippen molar-refractivity contribution in [3.8, 4) is 0 Å². The smallest absolute Gasteiger partial charge is 0.238 e. The highest BCUT2D eigenvalue weighted by molar-refractivity contribution is 7.89. The molecule has 0 atom stereocenters. The second-order valence-electron chi connectivity index (χ2n) is 6.05. The number of hydrogen-bond donors (Lipinski definition) is 1. The van der Waals surface area contributed by atoms with E-state index in [0.717, 1.165) is 38.2 Å². The first kappa shape index (κ1) is 16.1. The van der Waals surface area contributed by atoms with E-state index in [0.29, 0.717) is 5.92 Å². The third-order valence-corrected chi connectivity index (χ3v) is 5.23. The van der Waals surface area contributed by atoms with Crippen molar-refractivity contribution in [1.82, 2.24) is 19.9 Å². The summed E-state index contributed by atoms with van der Waals surface area (Å²) >= 11 is 0. The van der Waals surface area contributed by atoms with Gasteiger partial charge in [-0.25, -0.2) is 13.6 Å². The van der Waals surface area contributed by atoms with Crippen LogP contribution in [0.4, 0.5) is 0 Å². The van der Waals surface area contributed by atoms with Crippen molar-refractivity contribution in [2.24, 2.45) is 12.2 Å². The Bertz CT molecular complexity index is 761. The number of nitrogens with zero attached hydrogens (tertiary/aromatic N) is 4. The quantitative estimate of drug-likeness (QED) is 0.893. The molecule has 2 heterocycles. The average Bonchev–Trinajstić information content (AvgIpc) is 2.92. The van der Waals surface area contributed by atoms with Crippen molar-refractivity contribution in [2.45, 2.75) is 30.2 Å². The van der Waals surface area contributed by atoms with E-state index < -0.39 is 10.0 Å². The third kappa shape index (κ3) is 3.95. The van der Waals surface area contributed by atoms with Gasteiger partial charge in [-0.15, -0.1) is 5.10 Å². The van der Waals surface area contributed by atoms with Crippen LogP contribution in [0, 0.1) is 0 Å². The number of rotatable bonds is 4. The lowest BCUT2D eigenvalue weighted by Crippen LogP contribution is -2.32. The zero-order valence-electron chi connectivity index (χ0n) is 13.1. The molecule has 1 aliphatic heterocycles. The van der Waals surface area contributed by atoms with E-state index in [2.05, 4.69) is 15.2 Å². The Hall–Kier alpha value is -1.77. The summed E-state index contributed by atoms with van der Waals surface area (Å²) in [4.78, 5) is 2.54. The first-order valence-electron chi connectivity index (χ1n) is 7.62. The Kier molecular flexibility index (Phi) is 4.47. The van der Waals surface area contributed by atoms with Crippen LogP contribution in [0.3, 0.4) is 0 Å². The van der Waals surface area contributed by atoms with Gasteiger partial charge in [-0.3, -0.25) is 9.58 Å². The number of aromatic nitrogens is 3. The van der Waals surface area contributed by atoms with Crippen molar-refractivity contribution in [3.63, 3.8) is 0 Å². The van der Waals surface area contributed by atoms with Gasteiger partial charge < -0.3 is 0 Å². The Labute approximate surface area is 136 Å². The van der Waals surface area contributed by atoms with Crippen LogP contribution in [-0.2, 0) is 23.6 Å². The minimum absolute atomic E-state index is 0.168. The number of nitrogens with two attached hydrogens (primary N) is 1. The van der Waals surface area contributed by atoms with Gasteiger partial charge in [-0.2, -0.15) is 0 Å². The normalized spacial score (nSPS) is 17.5. The Morgan fingerprint density at radius 2 is 1.87 bits per heavy atom. The third-order valence-electron chi connectivity index (χ3n) is 4.30. The molecule has 2 N–H and O–H groups in total. The van der Waals surface area contributed by atoms with Gasteiger partial charge in [0.1, 0.15) is 0 Å².